The summed E-state index contributed by atoms with van der Waals surface area (Å²) in [6, 6.07) is 8.96. The number of hydrogen-bond acceptors (Lipinski definition) is 5. The second-order valence-corrected chi connectivity index (χ2v) is 7.56. The molecule has 3 rings (SSSR count). The highest BCUT2D eigenvalue weighted by Gasteiger charge is 2.34. The number of rotatable bonds is 8. The van der Waals surface area contributed by atoms with Gasteiger partial charge in [-0.2, -0.15) is 18.3 Å². The number of carbonyl (C=O) groups excluding carboxylic acids is 2. The van der Waals surface area contributed by atoms with Gasteiger partial charge in [-0.1, -0.05) is 31.5 Å². The molecule has 11 heteroatoms. The molecule has 0 saturated carbocycles. The molecule has 1 aromatic carbocycles. The lowest BCUT2D eigenvalue weighted by Crippen LogP contribution is -2.49. The Hall–Kier alpha value is -3.76. The van der Waals surface area contributed by atoms with Gasteiger partial charge in [0.1, 0.15) is 17.6 Å². The molecule has 8 nitrogen and oxygen atoms in total. The van der Waals surface area contributed by atoms with Crippen molar-refractivity contribution in [2.45, 2.75) is 45.8 Å². The fourth-order valence-corrected chi connectivity index (χ4v) is 3.50. The quantitative estimate of drug-likeness (QED) is 0.534. The van der Waals surface area contributed by atoms with Crippen molar-refractivity contribution in [3.05, 3.63) is 65.9 Å². The summed E-state index contributed by atoms with van der Waals surface area (Å²) in [7, 11) is 0. The van der Waals surface area contributed by atoms with Crippen LogP contribution in [-0.2, 0) is 11.0 Å². The third-order valence-corrected chi connectivity index (χ3v) is 5.09. The van der Waals surface area contributed by atoms with Gasteiger partial charge in [0, 0.05) is 18.3 Å². The summed E-state index contributed by atoms with van der Waals surface area (Å²) in [6.07, 6.45) is -1.39. The van der Waals surface area contributed by atoms with Gasteiger partial charge in [-0.15, -0.1) is 0 Å². The summed E-state index contributed by atoms with van der Waals surface area (Å²) in [5, 5.41) is 6.91. The van der Waals surface area contributed by atoms with Gasteiger partial charge in [0.05, 0.1) is 11.9 Å². The summed E-state index contributed by atoms with van der Waals surface area (Å²) in [4.78, 5) is 34.7. The van der Waals surface area contributed by atoms with E-state index in [0.29, 0.717) is 18.3 Å². The number of hydrogen-bond donors (Lipinski definition) is 1. The topological polar surface area (TPSA) is 93.0 Å². The molecule has 0 spiro atoms. The molecule has 0 aliphatic rings. The van der Waals surface area contributed by atoms with Crippen molar-refractivity contribution in [1.29, 1.82) is 0 Å². The van der Waals surface area contributed by atoms with Crippen LogP contribution in [0.3, 0.4) is 0 Å². The van der Waals surface area contributed by atoms with Gasteiger partial charge in [-0.3, -0.25) is 14.5 Å². The van der Waals surface area contributed by atoms with Crippen molar-refractivity contribution >= 4 is 17.6 Å². The molecule has 1 atom stereocenters. The number of likely N-dealkylation sites (N-methyl/N-ethyl adjacent to an activating group) is 1. The highest BCUT2D eigenvalue weighted by Crippen LogP contribution is 2.27. The number of para-hydroxylation sites is 1. The third kappa shape index (κ3) is 5.41. The molecule has 2 aromatic heterocycles. The molecule has 2 heterocycles. The number of alkyl halides is 3. The Morgan fingerprint density at radius 3 is 2.47 bits per heavy atom. The van der Waals surface area contributed by atoms with Crippen molar-refractivity contribution < 1.29 is 22.8 Å². The first-order valence-corrected chi connectivity index (χ1v) is 10.8. The van der Waals surface area contributed by atoms with Gasteiger partial charge >= 0.3 is 6.18 Å². The second kappa shape index (κ2) is 10.4. The maximum Gasteiger partial charge on any atom is 0.433 e. The highest BCUT2D eigenvalue weighted by atomic mass is 19.4. The number of aryl methyl sites for hydroxylation is 1. The first-order valence-electron chi connectivity index (χ1n) is 10.8. The molecule has 1 unspecified atom stereocenters. The van der Waals surface area contributed by atoms with E-state index in [4.69, 9.17) is 0 Å². The monoisotopic (exact) mass is 474 g/mol. The lowest BCUT2D eigenvalue weighted by molar-refractivity contribution is -0.141. The molecule has 180 valence electrons. The van der Waals surface area contributed by atoms with E-state index in [0.717, 1.165) is 17.4 Å². The lowest BCUT2D eigenvalue weighted by atomic mass is 10.1. The number of halogens is 3. The van der Waals surface area contributed by atoms with Gasteiger partial charge < -0.3 is 5.32 Å². The molecule has 0 saturated heterocycles. The highest BCUT2D eigenvalue weighted by molar-refractivity contribution is 6.01. The maximum atomic E-state index is 13.5. The number of nitrogens with one attached hydrogen (secondary N) is 1. The van der Waals surface area contributed by atoms with E-state index < -0.39 is 35.6 Å². The molecule has 2 amide bonds. The minimum absolute atomic E-state index is 0.276. The predicted molar refractivity (Wildman–Crippen MR) is 120 cm³/mol. The van der Waals surface area contributed by atoms with Crippen molar-refractivity contribution in [1.82, 2.24) is 25.1 Å². The molecule has 0 aliphatic carbocycles. The van der Waals surface area contributed by atoms with E-state index in [1.807, 2.05) is 44.2 Å². The normalized spacial score (nSPS) is 12.3. The van der Waals surface area contributed by atoms with Gasteiger partial charge in [0.25, 0.3) is 11.8 Å². The molecular weight excluding hydrogens is 449 g/mol. The van der Waals surface area contributed by atoms with Gasteiger partial charge in [0.2, 0.25) is 5.82 Å². The number of nitrogens with zero attached hydrogens (tertiary/aromatic N) is 5. The van der Waals surface area contributed by atoms with E-state index >= 15 is 0 Å². The van der Waals surface area contributed by atoms with Crippen LogP contribution in [0.5, 0.6) is 0 Å². The second-order valence-electron chi connectivity index (χ2n) is 7.56. The zero-order chi connectivity index (χ0) is 24.9. The van der Waals surface area contributed by atoms with Gasteiger partial charge in [0.15, 0.2) is 0 Å². The number of amides is 2. The molecule has 0 radical (unpaired) electrons. The molecule has 3 aromatic rings. The number of anilines is 1. The zero-order valence-corrected chi connectivity index (χ0v) is 19.0. The first kappa shape index (κ1) is 24.9. The molecule has 34 heavy (non-hydrogen) atoms. The average molecular weight is 474 g/mol. The van der Waals surface area contributed by atoms with Crippen LogP contribution >= 0.6 is 0 Å². The standard InChI is InChI=1S/C23H25F3N6O2/c1-4-9-17(29-20(33)19-27-13-12-18(30-19)23(24,25)26)22(34)31(5-2)21-15(3)14-28-32(21)16-10-7-6-8-11-16/h6-8,10-14,17H,4-5,9H2,1-3H3,(H,29,33). The van der Waals surface area contributed by atoms with Crippen LogP contribution in [0.15, 0.2) is 48.8 Å². The molecular formula is C23H25F3N6O2. The van der Waals surface area contributed by atoms with E-state index in [9.17, 15) is 22.8 Å². The van der Waals surface area contributed by atoms with Crippen LogP contribution < -0.4 is 10.2 Å². The van der Waals surface area contributed by atoms with Crippen molar-refractivity contribution in [2.75, 3.05) is 11.4 Å². The Morgan fingerprint density at radius 1 is 1.15 bits per heavy atom. The van der Waals surface area contributed by atoms with Gasteiger partial charge in [-0.25, -0.2) is 14.6 Å². The molecule has 1 N–H and O–H groups in total. The Kier molecular flexibility index (Phi) is 7.64. The van der Waals surface area contributed by atoms with E-state index in [1.165, 1.54) is 4.90 Å². The van der Waals surface area contributed by atoms with Crippen LogP contribution in [0.1, 0.15) is 48.6 Å². The summed E-state index contributed by atoms with van der Waals surface area (Å²) in [5.74, 6) is -1.48. The number of carbonyl (C=O) groups is 2. The smallest absolute Gasteiger partial charge is 0.337 e. The average Bonchev–Trinajstić information content (AvgIpc) is 3.20. The molecule has 0 fully saturated rings. The van der Waals surface area contributed by atoms with Crippen molar-refractivity contribution in [3.63, 3.8) is 0 Å². The number of benzene rings is 1. The van der Waals surface area contributed by atoms with Crippen LogP contribution in [0, 0.1) is 6.92 Å². The van der Waals surface area contributed by atoms with Crippen LogP contribution in [0.25, 0.3) is 5.69 Å². The van der Waals surface area contributed by atoms with Crippen LogP contribution in [-0.4, -0.2) is 44.1 Å². The van der Waals surface area contributed by atoms with E-state index in [1.54, 1.807) is 17.8 Å². The van der Waals surface area contributed by atoms with Crippen LogP contribution in [0.4, 0.5) is 19.0 Å². The molecule has 0 bridgehead atoms. The summed E-state index contributed by atoms with van der Waals surface area (Å²) in [5.41, 5.74) is 0.274. The number of aromatic nitrogens is 4. The summed E-state index contributed by atoms with van der Waals surface area (Å²) < 4.78 is 40.6. The third-order valence-electron chi connectivity index (χ3n) is 5.09. The SMILES string of the molecule is CCCC(NC(=O)c1nccc(C(F)(F)F)n1)C(=O)N(CC)c1c(C)cnn1-c1ccccc1. The van der Waals surface area contributed by atoms with E-state index in [-0.39, 0.29) is 13.0 Å². The Morgan fingerprint density at radius 2 is 1.85 bits per heavy atom. The minimum atomic E-state index is -4.72. The summed E-state index contributed by atoms with van der Waals surface area (Å²) >= 11 is 0. The fraction of sp³-hybridized carbons (Fsp3) is 0.348. The van der Waals surface area contributed by atoms with Crippen LogP contribution in [0.2, 0.25) is 0 Å². The first-order chi connectivity index (χ1) is 16.2. The predicted octanol–water partition coefficient (Wildman–Crippen LogP) is 3.94. The van der Waals surface area contributed by atoms with Gasteiger partial charge in [-0.05, 0) is 38.5 Å². The van der Waals surface area contributed by atoms with E-state index in [2.05, 4.69) is 20.4 Å². The molecule has 0 aliphatic heterocycles. The lowest BCUT2D eigenvalue weighted by Gasteiger charge is -2.28. The van der Waals surface area contributed by atoms with Crippen molar-refractivity contribution in [2.24, 2.45) is 0 Å². The zero-order valence-electron chi connectivity index (χ0n) is 19.0. The Bertz CT molecular complexity index is 1150. The fourth-order valence-electron chi connectivity index (χ4n) is 3.50. The van der Waals surface area contributed by atoms with Crippen molar-refractivity contribution in [3.8, 4) is 5.69 Å². The Balaban J connectivity index is 1.90. The Labute approximate surface area is 194 Å². The maximum absolute atomic E-state index is 13.5. The largest absolute Gasteiger partial charge is 0.433 e. The minimum Gasteiger partial charge on any atom is -0.337 e. The summed E-state index contributed by atoms with van der Waals surface area (Å²) in [6.45, 7) is 5.74.